The maximum absolute atomic E-state index is 6.74. The Morgan fingerprint density at radius 1 is 1.14 bits per heavy atom. The van der Waals surface area contributed by atoms with Gasteiger partial charge in [0.2, 0.25) is 5.88 Å². The number of pyridine rings is 1. The Hall–Kier alpha value is -3.77. The molecule has 176 valence electrons. The third-order valence-electron chi connectivity index (χ3n) is 6.77. The Bertz CT molecular complexity index is 1490. The van der Waals surface area contributed by atoms with E-state index in [1.807, 2.05) is 73.4 Å². The van der Waals surface area contributed by atoms with Crippen LogP contribution < -0.4 is 9.47 Å². The second-order valence-corrected chi connectivity index (χ2v) is 9.19. The van der Waals surface area contributed by atoms with E-state index in [2.05, 4.69) is 19.5 Å². The van der Waals surface area contributed by atoms with Crippen molar-refractivity contribution in [3.63, 3.8) is 0 Å². The summed E-state index contributed by atoms with van der Waals surface area (Å²) in [4.78, 5) is 12.4. The molecule has 0 saturated carbocycles. The number of H-pyrrole nitrogens is 1. The van der Waals surface area contributed by atoms with Crippen LogP contribution in [0.25, 0.3) is 22.2 Å². The lowest BCUT2D eigenvalue weighted by atomic mass is 9.86. The number of aromatic nitrogens is 4. The smallest absolute Gasteiger partial charge is 0.214 e. The number of ether oxygens (including phenoxy) is 2. The minimum absolute atomic E-state index is 0.0828. The van der Waals surface area contributed by atoms with Gasteiger partial charge in [-0.1, -0.05) is 41.9 Å². The van der Waals surface area contributed by atoms with E-state index in [0.29, 0.717) is 12.5 Å². The summed E-state index contributed by atoms with van der Waals surface area (Å²) in [7, 11) is 1.72. The van der Waals surface area contributed by atoms with E-state index in [1.165, 1.54) is 5.56 Å². The lowest BCUT2D eigenvalue weighted by Gasteiger charge is -2.30. The number of halogens is 1. The molecule has 2 aromatic carbocycles. The lowest BCUT2D eigenvalue weighted by molar-refractivity contribution is 0.294. The molecule has 3 heterocycles. The molecular formula is C28H25ClN4O2. The van der Waals surface area contributed by atoms with E-state index < -0.39 is 0 Å². The Morgan fingerprint density at radius 2 is 2.03 bits per heavy atom. The van der Waals surface area contributed by atoms with Crippen LogP contribution in [-0.4, -0.2) is 26.6 Å². The molecule has 0 bridgehead atoms. The van der Waals surface area contributed by atoms with E-state index in [4.69, 9.17) is 21.1 Å². The maximum atomic E-state index is 6.74. The quantitative estimate of drug-likeness (QED) is 0.295. The Morgan fingerprint density at radius 3 is 2.89 bits per heavy atom. The van der Waals surface area contributed by atoms with Crippen molar-refractivity contribution in [2.24, 2.45) is 0 Å². The molecule has 6 nitrogen and oxygen atoms in total. The second kappa shape index (κ2) is 9.12. The van der Waals surface area contributed by atoms with Crippen LogP contribution in [0.4, 0.5) is 0 Å². The van der Waals surface area contributed by atoms with Crippen LogP contribution in [0.1, 0.15) is 35.6 Å². The zero-order valence-corrected chi connectivity index (χ0v) is 20.1. The van der Waals surface area contributed by atoms with Crippen LogP contribution in [0.3, 0.4) is 0 Å². The first-order valence-electron chi connectivity index (χ1n) is 11.7. The topological polar surface area (TPSA) is 65.0 Å². The largest absolute Gasteiger partial charge is 0.496 e. The molecule has 0 saturated heterocycles. The Labute approximate surface area is 208 Å². The molecule has 0 fully saturated rings. The fourth-order valence-corrected chi connectivity index (χ4v) is 5.41. The fourth-order valence-electron chi connectivity index (χ4n) is 5.11. The zero-order chi connectivity index (χ0) is 23.8. The molecule has 1 aliphatic carbocycles. The molecule has 0 spiro atoms. The second-order valence-electron chi connectivity index (χ2n) is 8.78. The highest BCUT2D eigenvalue weighted by Crippen LogP contribution is 2.43. The van der Waals surface area contributed by atoms with E-state index in [9.17, 15) is 0 Å². The van der Waals surface area contributed by atoms with Crippen molar-refractivity contribution in [3.8, 4) is 22.9 Å². The number of nitrogens with one attached hydrogen (secondary N) is 1. The van der Waals surface area contributed by atoms with E-state index in [1.54, 1.807) is 7.11 Å². The van der Waals surface area contributed by atoms with Gasteiger partial charge in [0.05, 0.1) is 43.1 Å². The van der Waals surface area contributed by atoms with Gasteiger partial charge in [-0.2, -0.15) is 0 Å². The van der Waals surface area contributed by atoms with E-state index in [-0.39, 0.29) is 6.04 Å². The average Bonchev–Trinajstić information content (AvgIpc) is 3.55. The molecule has 35 heavy (non-hydrogen) atoms. The first-order valence-corrected chi connectivity index (χ1v) is 12.1. The van der Waals surface area contributed by atoms with Crippen molar-refractivity contribution in [1.82, 2.24) is 19.5 Å². The van der Waals surface area contributed by atoms with Gasteiger partial charge in [0.1, 0.15) is 12.4 Å². The van der Waals surface area contributed by atoms with Gasteiger partial charge in [-0.15, -0.1) is 0 Å². The van der Waals surface area contributed by atoms with Crippen molar-refractivity contribution < 1.29 is 9.47 Å². The monoisotopic (exact) mass is 484 g/mol. The number of aromatic amines is 1. The standard InChI is InChI=1S/C28H25ClN4O2/c1-34-26-11-10-22(29)28-19(26)8-5-9-24(28)33-17-30-15-25(33)21-13-31-23-14-32-27(12-20(21)23)35-16-18-6-3-2-4-7-18/h2-4,6-7,10-15,17,24,31H,5,8-9,16H2,1H3. The van der Waals surface area contributed by atoms with Crippen molar-refractivity contribution in [1.29, 1.82) is 0 Å². The molecule has 3 aromatic heterocycles. The van der Waals surface area contributed by atoms with E-state index in [0.717, 1.165) is 63.3 Å². The molecule has 0 amide bonds. The molecular weight excluding hydrogens is 460 g/mol. The predicted molar refractivity (Wildman–Crippen MR) is 137 cm³/mol. The summed E-state index contributed by atoms with van der Waals surface area (Å²) in [6.07, 6.45) is 10.6. The van der Waals surface area contributed by atoms with Crippen LogP contribution in [0.15, 0.2) is 73.4 Å². The van der Waals surface area contributed by atoms with Gasteiger partial charge < -0.3 is 19.0 Å². The molecule has 5 aromatic rings. The predicted octanol–water partition coefficient (Wildman–Crippen LogP) is 6.59. The summed E-state index contributed by atoms with van der Waals surface area (Å²) in [5.74, 6) is 1.48. The van der Waals surface area contributed by atoms with Crippen molar-refractivity contribution in [3.05, 3.63) is 95.2 Å². The number of imidazole rings is 1. The number of hydrogen-bond acceptors (Lipinski definition) is 4. The Balaban J connectivity index is 1.38. The van der Waals surface area contributed by atoms with Crippen LogP contribution in [0.2, 0.25) is 5.02 Å². The van der Waals surface area contributed by atoms with Crippen molar-refractivity contribution >= 4 is 22.5 Å². The minimum atomic E-state index is 0.0828. The van der Waals surface area contributed by atoms with Crippen molar-refractivity contribution in [2.45, 2.75) is 31.9 Å². The summed E-state index contributed by atoms with van der Waals surface area (Å²) < 4.78 is 13.9. The number of hydrogen-bond donors (Lipinski definition) is 1. The number of rotatable bonds is 6. The minimum Gasteiger partial charge on any atom is -0.496 e. The Kier molecular flexibility index (Phi) is 5.66. The fraction of sp³-hybridized carbons (Fsp3) is 0.214. The number of methoxy groups -OCH3 is 1. The molecule has 1 unspecified atom stereocenters. The summed E-state index contributed by atoms with van der Waals surface area (Å²) in [6, 6.07) is 16.1. The van der Waals surface area contributed by atoms with Gasteiger partial charge in [-0.25, -0.2) is 9.97 Å². The summed E-state index contributed by atoms with van der Waals surface area (Å²) in [6.45, 7) is 0.468. The summed E-state index contributed by atoms with van der Waals surface area (Å²) in [5.41, 5.74) is 6.44. The van der Waals surface area contributed by atoms with Crippen LogP contribution in [0, 0.1) is 0 Å². The van der Waals surface area contributed by atoms with Crippen LogP contribution in [0.5, 0.6) is 11.6 Å². The molecule has 6 rings (SSSR count). The van der Waals surface area contributed by atoms with Gasteiger partial charge in [0.15, 0.2) is 0 Å². The summed E-state index contributed by atoms with van der Waals surface area (Å²) >= 11 is 6.74. The molecule has 0 aliphatic heterocycles. The highest BCUT2D eigenvalue weighted by Gasteiger charge is 2.28. The van der Waals surface area contributed by atoms with Gasteiger partial charge in [0, 0.05) is 39.4 Å². The molecule has 7 heteroatoms. The third kappa shape index (κ3) is 3.94. The lowest BCUT2D eigenvalue weighted by Crippen LogP contribution is -2.18. The molecule has 0 radical (unpaired) electrons. The zero-order valence-electron chi connectivity index (χ0n) is 19.4. The maximum Gasteiger partial charge on any atom is 0.214 e. The van der Waals surface area contributed by atoms with Crippen LogP contribution in [-0.2, 0) is 13.0 Å². The number of benzene rings is 2. The van der Waals surface area contributed by atoms with Gasteiger partial charge in [-0.05, 0) is 37.0 Å². The number of nitrogens with zero attached hydrogens (tertiary/aromatic N) is 3. The van der Waals surface area contributed by atoms with Gasteiger partial charge in [0.25, 0.3) is 0 Å². The first kappa shape index (κ1) is 21.7. The molecule has 1 N–H and O–H groups in total. The third-order valence-corrected chi connectivity index (χ3v) is 7.10. The first-order chi connectivity index (χ1) is 17.2. The van der Waals surface area contributed by atoms with Crippen molar-refractivity contribution in [2.75, 3.05) is 7.11 Å². The van der Waals surface area contributed by atoms with Gasteiger partial charge >= 0.3 is 0 Å². The highest BCUT2D eigenvalue weighted by atomic mass is 35.5. The summed E-state index contributed by atoms with van der Waals surface area (Å²) in [5, 5.41) is 1.81. The normalized spacial score (nSPS) is 15.2. The molecule has 1 aliphatic rings. The highest BCUT2D eigenvalue weighted by molar-refractivity contribution is 6.31. The van der Waals surface area contributed by atoms with Crippen LogP contribution >= 0.6 is 11.6 Å². The SMILES string of the molecule is COc1ccc(Cl)c2c1CCCC2n1cncc1-c1c[nH]c2cnc(OCc3ccccc3)cc12. The number of fused-ring (bicyclic) bond motifs is 2. The van der Waals surface area contributed by atoms with E-state index >= 15 is 0 Å². The van der Waals surface area contributed by atoms with Gasteiger partial charge in [-0.3, -0.25) is 0 Å². The average molecular weight is 485 g/mol. The molecule has 1 atom stereocenters.